The Labute approximate surface area is 202 Å². The molecule has 2 aromatic heterocycles. The molecule has 3 saturated heterocycles. The third-order valence-corrected chi connectivity index (χ3v) is 8.33. The fraction of sp³-hybridized carbons (Fsp3) is 0.545. The standard InChI is InChI=1S/C20H26NO4S2.C2HF3O2/c22-11-3-8-21-9-6-15(7-10-21)16(14-21)25-19(23)20(24,17-4-1-12-26-17)18-5-2-13-27-18;3-2(4,5)1(6)7/h1-2,4-5,12-13,15-16,22,24H,3,6-11,14H2;(H,6,7)/q+1;/p-1/t15?,16-,21?;/m0./s1. The summed E-state index contributed by atoms with van der Waals surface area (Å²) in [5, 5.41) is 33.2. The number of carbonyl (C=O) groups is 2. The minimum Gasteiger partial charge on any atom is -0.542 e. The van der Waals surface area contributed by atoms with Gasteiger partial charge in [-0.05, 0) is 22.9 Å². The molecule has 2 bridgehead atoms. The molecule has 0 aromatic carbocycles. The number of carboxylic acids is 1. The second-order valence-electron chi connectivity index (χ2n) is 8.50. The Morgan fingerprint density at radius 3 is 2.06 bits per heavy atom. The van der Waals surface area contributed by atoms with Crippen molar-refractivity contribution in [2.45, 2.75) is 37.1 Å². The molecule has 5 rings (SSSR count). The molecule has 12 heteroatoms. The third-order valence-electron chi connectivity index (χ3n) is 6.37. The van der Waals surface area contributed by atoms with Gasteiger partial charge in [-0.15, -0.1) is 22.7 Å². The Morgan fingerprint density at radius 1 is 1.12 bits per heavy atom. The number of nitrogens with zero attached hydrogens (tertiary/aromatic N) is 1. The quantitative estimate of drug-likeness (QED) is 0.426. The van der Waals surface area contributed by atoms with Crippen molar-refractivity contribution in [3.05, 3.63) is 44.8 Å². The number of hydrogen-bond donors (Lipinski definition) is 2. The van der Waals surface area contributed by atoms with Crippen molar-refractivity contribution in [2.24, 2.45) is 5.92 Å². The molecule has 3 aliphatic heterocycles. The number of thiophene rings is 2. The smallest absolute Gasteiger partial charge is 0.430 e. The fourth-order valence-corrected chi connectivity index (χ4v) is 6.30. The van der Waals surface area contributed by atoms with E-state index in [2.05, 4.69) is 0 Å². The SMILES string of the molecule is O=C(O[C@H]1C[N+]2(CCCO)CCC1CC2)C(O)(c1cccs1)c1cccs1.O=C([O-])C(F)(F)F. The minimum atomic E-state index is -5.19. The number of aliphatic hydroxyl groups is 2. The molecular formula is C22H26F3NO6S2. The normalized spacial score (nSPS) is 24.3. The Kier molecular flexibility index (Phi) is 8.40. The zero-order chi connectivity index (χ0) is 25.0. The predicted molar refractivity (Wildman–Crippen MR) is 117 cm³/mol. The van der Waals surface area contributed by atoms with E-state index in [9.17, 15) is 28.2 Å². The van der Waals surface area contributed by atoms with E-state index in [1.807, 2.05) is 22.9 Å². The average Bonchev–Trinajstić information content (AvgIpc) is 3.53. The van der Waals surface area contributed by atoms with E-state index in [1.54, 1.807) is 12.1 Å². The van der Waals surface area contributed by atoms with E-state index in [0.717, 1.165) is 49.9 Å². The van der Waals surface area contributed by atoms with Gasteiger partial charge in [0.1, 0.15) is 12.5 Å². The van der Waals surface area contributed by atoms with Gasteiger partial charge >= 0.3 is 12.1 Å². The highest BCUT2D eigenvalue weighted by atomic mass is 32.1. The van der Waals surface area contributed by atoms with Crippen molar-refractivity contribution in [3.63, 3.8) is 0 Å². The number of aliphatic carboxylic acids is 1. The van der Waals surface area contributed by atoms with Crippen LogP contribution < -0.4 is 5.11 Å². The van der Waals surface area contributed by atoms with E-state index in [-0.39, 0.29) is 12.7 Å². The Balaban J connectivity index is 0.000000406. The van der Waals surface area contributed by atoms with Gasteiger partial charge in [-0.2, -0.15) is 13.2 Å². The zero-order valence-electron chi connectivity index (χ0n) is 18.2. The number of quaternary nitrogens is 1. The number of halogens is 3. The molecule has 0 spiro atoms. The van der Waals surface area contributed by atoms with Crippen LogP contribution in [0.25, 0.3) is 0 Å². The maximum Gasteiger partial charge on any atom is 0.430 e. The molecule has 3 fully saturated rings. The van der Waals surface area contributed by atoms with Gasteiger partial charge < -0.3 is 29.3 Å². The highest BCUT2D eigenvalue weighted by molar-refractivity contribution is 7.12. The summed E-state index contributed by atoms with van der Waals surface area (Å²) in [5.41, 5.74) is -1.73. The van der Waals surface area contributed by atoms with E-state index < -0.39 is 23.7 Å². The number of aliphatic hydroxyl groups excluding tert-OH is 1. The van der Waals surface area contributed by atoms with E-state index in [4.69, 9.17) is 14.6 Å². The molecule has 2 N–H and O–H groups in total. The maximum absolute atomic E-state index is 13.2. The van der Waals surface area contributed by atoms with Crippen LogP contribution in [-0.4, -0.2) is 71.7 Å². The van der Waals surface area contributed by atoms with Crippen LogP contribution in [0.4, 0.5) is 13.2 Å². The van der Waals surface area contributed by atoms with Crippen molar-refractivity contribution in [3.8, 4) is 0 Å². The number of hydrogen-bond acceptors (Lipinski definition) is 8. The number of carboxylic acid groups (broad SMARTS) is 1. The Morgan fingerprint density at radius 2 is 1.65 bits per heavy atom. The van der Waals surface area contributed by atoms with Gasteiger partial charge in [-0.25, -0.2) is 4.79 Å². The van der Waals surface area contributed by atoms with Crippen LogP contribution in [0.2, 0.25) is 0 Å². The van der Waals surface area contributed by atoms with Crippen LogP contribution in [0.15, 0.2) is 35.0 Å². The number of fused-ring (bicyclic) bond motifs is 3. The van der Waals surface area contributed by atoms with Gasteiger partial charge in [0.15, 0.2) is 6.10 Å². The fourth-order valence-electron chi connectivity index (χ4n) is 4.59. The summed E-state index contributed by atoms with van der Waals surface area (Å²) in [7, 11) is 0. The summed E-state index contributed by atoms with van der Waals surface area (Å²) in [4.78, 5) is 23.2. The third kappa shape index (κ3) is 5.80. The van der Waals surface area contributed by atoms with Crippen LogP contribution in [0.3, 0.4) is 0 Å². The second kappa shape index (κ2) is 10.7. The summed E-state index contributed by atoms with van der Waals surface area (Å²) in [6, 6.07) is 7.26. The van der Waals surface area contributed by atoms with Crippen molar-refractivity contribution >= 4 is 34.6 Å². The Hall–Kier alpha value is -1.99. The number of ether oxygens (including phenoxy) is 1. The summed E-state index contributed by atoms with van der Waals surface area (Å²) in [6.07, 6.45) is -2.50. The van der Waals surface area contributed by atoms with E-state index >= 15 is 0 Å². The average molecular weight is 522 g/mol. The lowest BCUT2D eigenvalue weighted by Crippen LogP contribution is -2.65. The highest BCUT2D eigenvalue weighted by Gasteiger charge is 2.51. The van der Waals surface area contributed by atoms with Crippen LogP contribution >= 0.6 is 22.7 Å². The maximum atomic E-state index is 13.2. The predicted octanol–water partition coefficient (Wildman–Crippen LogP) is 1.88. The topological polar surface area (TPSA) is 107 Å². The summed E-state index contributed by atoms with van der Waals surface area (Å²) in [6.45, 7) is 4.11. The molecule has 1 atom stereocenters. The van der Waals surface area contributed by atoms with Gasteiger partial charge in [0.2, 0.25) is 5.60 Å². The highest BCUT2D eigenvalue weighted by Crippen LogP contribution is 2.40. The van der Waals surface area contributed by atoms with Gasteiger partial charge in [-0.1, -0.05) is 12.1 Å². The first-order chi connectivity index (χ1) is 16.0. The first kappa shape index (κ1) is 26.6. The first-order valence-electron chi connectivity index (χ1n) is 10.8. The number of piperidine rings is 3. The molecule has 5 heterocycles. The van der Waals surface area contributed by atoms with Crippen molar-refractivity contribution in [1.82, 2.24) is 0 Å². The molecule has 3 aliphatic rings. The van der Waals surface area contributed by atoms with Crippen molar-refractivity contribution < 1.29 is 47.3 Å². The second-order valence-corrected chi connectivity index (χ2v) is 10.4. The van der Waals surface area contributed by atoms with Gasteiger partial charge in [0.25, 0.3) is 0 Å². The van der Waals surface area contributed by atoms with Gasteiger partial charge in [0.05, 0.1) is 29.4 Å². The van der Waals surface area contributed by atoms with Crippen molar-refractivity contribution in [1.29, 1.82) is 0 Å². The summed E-state index contributed by atoms with van der Waals surface area (Å²) >= 11 is 2.74. The molecule has 0 saturated carbocycles. The number of alkyl halides is 3. The molecule has 188 valence electrons. The lowest BCUT2D eigenvalue weighted by molar-refractivity contribution is -0.946. The largest absolute Gasteiger partial charge is 0.542 e. The van der Waals surface area contributed by atoms with E-state index in [0.29, 0.717) is 15.7 Å². The molecule has 7 nitrogen and oxygen atoms in total. The van der Waals surface area contributed by atoms with Crippen molar-refractivity contribution in [2.75, 3.05) is 32.8 Å². The van der Waals surface area contributed by atoms with Crippen LogP contribution in [0.5, 0.6) is 0 Å². The lowest BCUT2D eigenvalue weighted by Gasteiger charge is -2.52. The van der Waals surface area contributed by atoms with Gasteiger partial charge in [0, 0.05) is 31.8 Å². The summed E-state index contributed by atoms with van der Waals surface area (Å²) in [5.74, 6) is -3.20. The molecule has 0 unspecified atom stereocenters. The van der Waals surface area contributed by atoms with Crippen LogP contribution in [-0.2, 0) is 19.9 Å². The first-order valence-corrected chi connectivity index (χ1v) is 12.5. The Bertz CT molecular complexity index is 906. The number of rotatable bonds is 7. The number of esters is 1. The molecule has 34 heavy (non-hydrogen) atoms. The van der Waals surface area contributed by atoms with E-state index in [1.165, 1.54) is 22.7 Å². The molecule has 2 aromatic rings. The zero-order valence-corrected chi connectivity index (χ0v) is 19.8. The molecular weight excluding hydrogens is 495 g/mol. The van der Waals surface area contributed by atoms with Crippen LogP contribution in [0, 0.1) is 5.92 Å². The molecule has 0 amide bonds. The minimum absolute atomic E-state index is 0.162. The van der Waals surface area contributed by atoms with Gasteiger partial charge in [-0.3, -0.25) is 0 Å². The molecule has 0 aliphatic carbocycles. The lowest BCUT2D eigenvalue weighted by atomic mass is 9.83. The molecule has 0 radical (unpaired) electrons. The summed E-state index contributed by atoms with van der Waals surface area (Å²) < 4.78 is 38.5. The monoisotopic (exact) mass is 521 g/mol. The number of carbonyl (C=O) groups excluding carboxylic acids is 2. The van der Waals surface area contributed by atoms with Crippen LogP contribution in [0.1, 0.15) is 29.0 Å².